The van der Waals surface area contributed by atoms with E-state index in [1.54, 1.807) is 12.1 Å². The number of carbonyl (C=O) groups is 2. The molecule has 0 N–H and O–H groups in total. The van der Waals surface area contributed by atoms with Crippen LogP contribution in [-0.4, -0.2) is 11.9 Å². The van der Waals surface area contributed by atoms with Crippen molar-refractivity contribution in [3.63, 3.8) is 0 Å². The summed E-state index contributed by atoms with van der Waals surface area (Å²) in [5.41, 5.74) is 0.582. The van der Waals surface area contributed by atoms with Gasteiger partial charge in [0.05, 0.1) is 11.1 Å². The minimum Gasteiger partial charge on any atom is -0.386 e. The van der Waals surface area contributed by atoms with Crippen LogP contribution >= 0.6 is 63.7 Å². The first kappa shape index (κ1) is 13.7. The number of rotatable bonds is 0. The standard InChI is InChI=1S/C12H2Br4O3/c13-7-3-1-5-6(12(18)19-11(5)17)2-4(3)8(14)10(16)9(7)15/h1-2H. The summed E-state index contributed by atoms with van der Waals surface area (Å²) in [7, 11) is 0. The summed E-state index contributed by atoms with van der Waals surface area (Å²) in [6.45, 7) is 0. The molecule has 2 aromatic rings. The fourth-order valence-electron chi connectivity index (χ4n) is 1.92. The van der Waals surface area contributed by atoms with Crippen molar-refractivity contribution in [2.75, 3.05) is 0 Å². The van der Waals surface area contributed by atoms with Crippen molar-refractivity contribution in [3.05, 3.63) is 41.2 Å². The van der Waals surface area contributed by atoms with Crippen molar-refractivity contribution in [3.8, 4) is 0 Å². The first-order chi connectivity index (χ1) is 8.91. The zero-order valence-electron chi connectivity index (χ0n) is 8.89. The Kier molecular flexibility index (Phi) is 3.36. The number of benzene rings is 2. The van der Waals surface area contributed by atoms with E-state index >= 15 is 0 Å². The molecule has 1 heterocycles. The van der Waals surface area contributed by atoms with Crippen LogP contribution in [0.25, 0.3) is 10.8 Å². The molecular weight excluding hydrogens is 512 g/mol. The number of fused-ring (bicyclic) bond motifs is 2. The number of halogens is 4. The Morgan fingerprint density at radius 3 is 1.42 bits per heavy atom. The predicted octanol–water partition coefficient (Wildman–Crippen LogP) is 5.20. The maximum Gasteiger partial charge on any atom is 0.346 e. The van der Waals surface area contributed by atoms with Crippen molar-refractivity contribution in [1.82, 2.24) is 0 Å². The van der Waals surface area contributed by atoms with Crippen LogP contribution in [0.3, 0.4) is 0 Å². The molecule has 2 aromatic carbocycles. The Balaban J connectivity index is 2.51. The van der Waals surface area contributed by atoms with Gasteiger partial charge in [0.1, 0.15) is 0 Å². The average molecular weight is 514 g/mol. The van der Waals surface area contributed by atoms with E-state index in [0.717, 1.165) is 28.7 Å². The number of ether oxygens (including phenoxy) is 1. The van der Waals surface area contributed by atoms with Crippen molar-refractivity contribution in [1.29, 1.82) is 0 Å². The van der Waals surface area contributed by atoms with Crippen molar-refractivity contribution in [2.24, 2.45) is 0 Å². The maximum atomic E-state index is 11.6. The van der Waals surface area contributed by atoms with E-state index in [0.29, 0.717) is 11.1 Å². The lowest BCUT2D eigenvalue weighted by Crippen LogP contribution is -1.96. The normalized spacial score (nSPS) is 13.9. The molecule has 7 heteroatoms. The van der Waals surface area contributed by atoms with Gasteiger partial charge in [0, 0.05) is 17.9 Å². The smallest absolute Gasteiger partial charge is 0.346 e. The highest BCUT2D eigenvalue weighted by Gasteiger charge is 2.31. The van der Waals surface area contributed by atoms with Crippen LogP contribution < -0.4 is 0 Å². The second-order valence-corrected chi connectivity index (χ2v) is 7.05. The number of cyclic esters (lactones) is 2. The highest BCUT2D eigenvalue weighted by molar-refractivity contribution is 9.15. The molecule has 3 rings (SSSR count). The largest absolute Gasteiger partial charge is 0.386 e. The van der Waals surface area contributed by atoms with Crippen LogP contribution in [0.4, 0.5) is 0 Å². The number of hydrogen-bond donors (Lipinski definition) is 0. The molecule has 96 valence electrons. The van der Waals surface area contributed by atoms with Crippen LogP contribution in [-0.2, 0) is 4.74 Å². The molecule has 0 amide bonds. The number of hydrogen-bond acceptors (Lipinski definition) is 3. The lowest BCUT2D eigenvalue weighted by molar-refractivity contribution is 0.0444. The zero-order valence-corrected chi connectivity index (χ0v) is 15.2. The highest BCUT2D eigenvalue weighted by Crippen LogP contribution is 2.44. The molecule has 3 nitrogen and oxygen atoms in total. The fraction of sp³-hybridized carbons (Fsp3) is 0. The van der Waals surface area contributed by atoms with Crippen LogP contribution in [0.15, 0.2) is 30.0 Å². The van der Waals surface area contributed by atoms with E-state index in [1.165, 1.54) is 0 Å². The molecule has 1 aliphatic rings. The Morgan fingerprint density at radius 2 is 1.05 bits per heavy atom. The van der Waals surface area contributed by atoms with Gasteiger partial charge < -0.3 is 4.74 Å². The second kappa shape index (κ2) is 4.65. The van der Waals surface area contributed by atoms with Gasteiger partial charge in [-0.15, -0.1) is 0 Å². The van der Waals surface area contributed by atoms with E-state index < -0.39 is 11.9 Å². The third-order valence-corrected chi connectivity index (χ3v) is 7.66. The fourth-order valence-corrected chi connectivity index (χ4v) is 4.33. The SMILES string of the molecule is O=C1OC(=O)c2cc3c(Br)c(Br)c(Br)c(Br)c3cc21. The van der Waals surface area contributed by atoms with Crippen molar-refractivity contribution in [2.45, 2.75) is 0 Å². The Hall–Kier alpha value is -0.240. The van der Waals surface area contributed by atoms with Crippen LogP contribution in [0.2, 0.25) is 0 Å². The second-order valence-electron chi connectivity index (χ2n) is 3.88. The Morgan fingerprint density at radius 1 is 0.684 bits per heavy atom. The number of carbonyl (C=O) groups excluding carboxylic acids is 2. The number of esters is 2. The lowest BCUT2D eigenvalue weighted by atomic mass is 10.0. The summed E-state index contributed by atoms with van der Waals surface area (Å²) >= 11 is 13.9. The minimum absolute atomic E-state index is 0.291. The lowest BCUT2D eigenvalue weighted by Gasteiger charge is -2.10. The van der Waals surface area contributed by atoms with E-state index in [4.69, 9.17) is 0 Å². The van der Waals surface area contributed by atoms with Gasteiger partial charge in [0.15, 0.2) is 0 Å². The third-order valence-electron chi connectivity index (χ3n) is 2.83. The molecule has 0 bridgehead atoms. The van der Waals surface area contributed by atoms with Gasteiger partial charge in [-0.1, -0.05) is 0 Å². The van der Waals surface area contributed by atoms with Crippen molar-refractivity contribution >= 4 is 86.4 Å². The Bertz CT molecular complexity index is 718. The summed E-state index contributed by atoms with van der Waals surface area (Å²) in [6.07, 6.45) is 0. The van der Waals surface area contributed by atoms with Crippen LogP contribution in [0.5, 0.6) is 0 Å². The highest BCUT2D eigenvalue weighted by atomic mass is 79.9. The van der Waals surface area contributed by atoms with Gasteiger partial charge >= 0.3 is 11.9 Å². The van der Waals surface area contributed by atoms with E-state index in [1.807, 2.05) is 0 Å². The summed E-state index contributed by atoms with van der Waals surface area (Å²) in [5.74, 6) is -1.21. The Labute approximate surface area is 141 Å². The van der Waals surface area contributed by atoms with Gasteiger partial charge in [-0.25, -0.2) is 9.59 Å². The summed E-state index contributed by atoms with van der Waals surface area (Å²) in [6, 6.07) is 3.31. The molecule has 0 fully saturated rings. The summed E-state index contributed by atoms with van der Waals surface area (Å²) in [4.78, 5) is 23.2. The van der Waals surface area contributed by atoms with E-state index in [9.17, 15) is 9.59 Å². The molecule has 0 aromatic heterocycles. The van der Waals surface area contributed by atoms with Gasteiger partial charge in [0.25, 0.3) is 0 Å². The molecule has 0 aliphatic carbocycles. The van der Waals surface area contributed by atoms with E-state index in [2.05, 4.69) is 68.5 Å². The monoisotopic (exact) mass is 510 g/mol. The first-order valence-electron chi connectivity index (χ1n) is 4.98. The molecule has 19 heavy (non-hydrogen) atoms. The summed E-state index contributed by atoms with van der Waals surface area (Å²) in [5, 5.41) is 1.62. The molecule has 0 saturated heterocycles. The van der Waals surface area contributed by atoms with Crippen LogP contribution in [0, 0.1) is 0 Å². The molecule has 0 saturated carbocycles. The minimum atomic E-state index is -0.607. The maximum absolute atomic E-state index is 11.6. The topological polar surface area (TPSA) is 43.4 Å². The third kappa shape index (κ3) is 1.93. The average Bonchev–Trinajstić information content (AvgIpc) is 2.67. The van der Waals surface area contributed by atoms with Gasteiger partial charge in [-0.05, 0) is 86.6 Å². The van der Waals surface area contributed by atoms with Gasteiger partial charge in [-0.3, -0.25) is 0 Å². The first-order valence-corrected chi connectivity index (χ1v) is 8.15. The molecule has 0 radical (unpaired) electrons. The molecule has 0 atom stereocenters. The molecule has 0 spiro atoms. The quantitative estimate of drug-likeness (QED) is 0.210. The van der Waals surface area contributed by atoms with Crippen molar-refractivity contribution < 1.29 is 14.3 Å². The summed E-state index contributed by atoms with van der Waals surface area (Å²) < 4.78 is 7.86. The van der Waals surface area contributed by atoms with Crippen LogP contribution in [0.1, 0.15) is 20.7 Å². The molecular formula is C12H2Br4O3. The predicted molar refractivity (Wildman–Crippen MR) is 84.5 cm³/mol. The van der Waals surface area contributed by atoms with Gasteiger partial charge in [0.2, 0.25) is 0 Å². The van der Waals surface area contributed by atoms with Gasteiger partial charge in [-0.2, -0.15) is 0 Å². The molecule has 0 unspecified atom stereocenters. The van der Waals surface area contributed by atoms with E-state index in [-0.39, 0.29) is 0 Å². The zero-order chi connectivity index (χ0) is 13.9. The molecule has 1 aliphatic heterocycles.